The van der Waals surface area contributed by atoms with Crippen LogP contribution >= 0.6 is 0 Å². The van der Waals surface area contributed by atoms with E-state index in [0.717, 1.165) is 46.6 Å². The Morgan fingerprint density at radius 2 is 1.83 bits per heavy atom. The summed E-state index contributed by atoms with van der Waals surface area (Å²) < 4.78 is 7.57. The van der Waals surface area contributed by atoms with Crippen LogP contribution in [0.25, 0.3) is 22.2 Å². The first kappa shape index (κ1) is 21.3. The third-order valence-electron chi connectivity index (χ3n) is 5.29. The molecule has 0 saturated carbocycles. The van der Waals surface area contributed by atoms with E-state index in [1.54, 1.807) is 12.0 Å². The topological polar surface area (TPSA) is 70.3 Å². The van der Waals surface area contributed by atoms with Crippen molar-refractivity contribution in [1.29, 1.82) is 5.26 Å². The van der Waals surface area contributed by atoms with E-state index in [4.69, 9.17) is 4.74 Å². The van der Waals surface area contributed by atoms with Crippen LogP contribution in [0, 0.1) is 11.3 Å². The summed E-state index contributed by atoms with van der Waals surface area (Å²) in [5.41, 5.74) is 4.21. The maximum atomic E-state index is 12.3. The molecule has 0 spiro atoms. The fourth-order valence-corrected chi connectivity index (χ4v) is 3.75. The highest BCUT2D eigenvalue weighted by Crippen LogP contribution is 2.36. The predicted octanol–water partition coefficient (Wildman–Crippen LogP) is 5.47. The van der Waals surface area contributed by atoms with E-state index in [9.17, 15) is 10.1 Å². The molecule has 0 fully saturated rings. The van der Waals surface area contributed by atoms with Crippen LogP contribution in [0.4, 0.5) is 10.5 Å². The Morgan fingerprint density at radius 3 is 2.40 bits per heavy atom. The minimum absolute atomic E-state index is 0.113. The molecular formula is C24H28N4O2. The van der Waals surface area contributed by atoms with Gasteiger partial charge in [0, 0.05) is 36.8 Å². The standard InChI is InChI=1S/C24H28N4O2/c1-5-14-28-22-15-19(30-4)12-13-20(22)21(16-25)23(28)17-8-10-18(11-9-17)26-24(29)27(6-2)7-3/h8-13,15H,5-7,14H2,1-4H3,(H,26,29). The molecule has 0 atom stereocenters. The molecule has 30 heavy (non-hydrogen) atoms. The van der Waals surface area contributed by atoms with Crippen LogP contribution < -0.4 is 10.1 Å². The fraction of sp³-hybridized carbons (Fsp3) is 0.333. The van der Waals surface area contributed by atoms with Crippen molar-refractivity contribution in [1.82, 2.24) is 9.47 Å². The van der Waals surface area contributed by atoms with Crippen molar-refractivity contribution in [3.63, 3.8) is 0 Å². The van der Waals surface area contributed by atoms with Gasteiger partial charge in [-0.25, -0.2) is 4.79 Å². The van der Waals surface area contributed by atoms with Crippen molar-refractivity contribution in [2.75, 3.05) is 25.5 Å². The van der Waals surface area contributed by atoms with Gasteiger partial charge >= 0.3 is 6.03 Å². The Kier molecular flexibility index (Phi) is 6.63. The monoisotopic (exact) mass is 404 g/mol. The van der Waals surface area contributed by atoms with Crippen LogP contribution in [0.15, 0.2) is 42.5 Å². The average Bonchev–Trinajstić information content (AvgIpc) is 3.08. The van der Waals surface area contributed by atoms with Gasteiger partial charge in [-0.3, -0.25) is 0 Å². The van der Waals surface area contributed by atoms with Crippen molar-refractivity contribution < 1.29 is 9.53 Å². The molecular weight excluding hydrogens is 376 g/mol. The number of nitrogens with zero attached hydrogens (tertiary/aromatic N) is 3. The number of benzene rings is 2. The Hall–Kier alpha value is -3.46. The van der Waals surface area contributed by atoms with Crippen LogP contribution in [-0.4, -0.2) is 35.7 Å². The summed E-state index contributed by atoms with van der Waals surface area (Å²) in [6.07, 6.45) is 0.941. The van der Waals surface area contributed by atoms with E-state index < -0.39 is 0 Å². The van der Waals surface area contributed by atoms with Crippen molar-refractivity contribution in [2.45, 2.75) is 33.7 Å². The molecule has 1 N–H and O–H groups in total. The summed E-state index contributed by atoms with van der Waals surface area (Å²) in [6, 6.07) is 15.8. The highest BCUT2D eigenvalue weighted by Gasteiger charge is 2.19. The molecule has 3 aromatic rings. The largest absolute Gasteiger partial charge is 0.497 e. The fourth-order valence-electron chi connectivity index (χ4n) is 3.75. The number of carbonyl (C=O) groups is 1. The third kappa shape index (κ3) is 3.97. The number of carbonyl (C=O) groups excluding carboxylic acids is 1. The maximum Gasteiger partial charge on any atom is 0.321 e. The molecule has 0 aliphatic heterocycles. The van der Waals surface area contributed by atoms with Crippen molar-refractivity contribution in [2.24, 2.45) is 0 Å². The maximum absolute atomic E-state index is 12.3. The van der Waals surface area contributed by atoms with Crippen LogP contribution in [-0.2, 0) is 6.54 Å². The zero-order chi connectivity index (χ0) is 21.7. The van der Waals surface area contributed by atoms with E-state index in [1.807, 2.05) is 56.3 Å². The lowest BCUT2D eigenvalue weighted by atomic mass is 10.1. The number of ether oxygens (including phenoxy) is 1. The van der Waals surface area contributed by atoms with E-state index >= 15 is 0 Å². The first-order valence-corrected chi connectivity index (χ1v) is 10.3. The van der Waals surface area contributed by atoms with Gasteiger partial charge in [-0.1, -0.05) is 19.1 Å². The molecule has 6 nitrogen and oxygen atoms in total. The number of anilines is 1. The second-order valence-corrected chi connectivity index (χ2v) is 7.05. The molecule has 0 unspecified atom stereocenters. The molecule has 0 saturated heterocycles. The third-order valence-corrected chi connectivity index (χ3v) is 5.29. The number of amides is 2. The molecule has 6 heteroatoms. The minimum atomic E-state index is -0.113. The van der Waals surface area contributed by atoms with Crippen LogP contribution in [0.2, 0.25) is 0 Å². The highest BCUT2D eigenvalue weighted by atomic mass is 16.5. The smallest absolute Gasteiger partial charge is 0.321 e. The Balaban J connectivity index is 2.04. The molecule has 1 aromatic heterocycles. The second kappa shape index (κ2) is 9.36. The van der Waals surface area contributed by atoms with Gasteiger partial charge in [-0.2, -0.15) is 5.26 Å². The van der Waals surface area contributed by atoms with Gasteiger partial charge in [0.25, 0.3) is 0 Å². The van der Waals surface area contributed by atoms with Gasteiger partial charge in [0.1, 0.15) is 11.8 Å². The highest BCUT2D eigenvalue weighted by molar-refractivity contribution is 5.96. The van der Waals surface area contributed by atoms with E-state index in [1.165, 1.54) is 0 Å². The second-order valence-electron chi connectivity index (χ2n) is 7.05. The van der Waals surface area contributed by atoms with Crippen LogP contribution in [0.1, 0.15) is 32.8 Å². The lowest BCUT2D eigenvalue weighted by Gasteiger charge is -2.19. The normalized spacial score (nSPS) is 10.6. The van der Waals surface area contributed by atoms with Gasteiger partial charge < -0.3 is 19.5 Å². The van der Waals surface area contributed by atoms with Crippen LogP contribution in [0.3, 0.4) is 0 Å². The Labute approximate surface area is 177 Å². The summed E-state index contributed by atoms with van der Waals surface area (Å²) in [4.78, 5) is 14.0. The summed E-state index contributed by atoms with van der Waals surface area (Å²) >= 11 is 0. The van der Waals surface area contributed by atoms with Gasteiger partial charge in [0.05, 0.1) is 23.9 Å². The van der Waals surface area contributed by atoms with Gasteiger partial charge in [-0.05, 0) is 50.1 Å². The predicted molar refractivity (Wildman–Crippen MR) is 121 cm³/mol. The van der Waals surface area contributed by atoms with Gasteiger partial charge in [0.2, 0.25) is 0 Å². The number of urea groups is 1. The zero-order valence-corrected chi connectivity index (χ0v) is 18.0. The molecule has 0 aliphatic carbocycles. The molecule has 156 valence electrons. The van der Waals surface area contributed by atoms with Gasteiger partial charge in [0.15, 0.2) is 0 Å². The number of hydrogen-bond acceptors (Lipinski definition) is 3. The van der Waals surface area contributed by atoms with Gasteiger partial charge in [-0.15, -0.1) is 0 Å². The summed E-state index contributed by atoms with van der Waals surface area (Å²) in [6.45, 7) is 8.14. The van der Waals surface area contributed by atoms with Crippen molar-refractivity contribution in [3.05, 3.63) is 48.0 Å². The Bertz CT molecular complexity index is 1070. The lowest BCUT2D eigenvalue weighted by molar-refractivity contribution is 0.217. The number of nitrogens with one attached hydrogen (secondary N) is 1. The summed E-state index contributed by atoms with van der Waals surface area (Å²) in [5, 5.41) is 13.8. The number of nitriles is 1. The molecule has 0 bridgehead atoms. The number of methoxy groups -OCH3 is 1. The Morgan fingerprint density at radius 1 is 1.13 bits per heavy atom. The van der Waals surface area contributed by atoms with Crippen molar-refractivity contribution in [3.8, 4) is 23.1 Å². The van der Waals surface area contributed by atoms with E-state index in [0.29, 0.717) is 18.7 Å². The molecule has 1 heterocycles. The summed E-state index contributed by atoms with van der Waals surface area (Å²) in [5.74, 6) is 0.767. The molecule has 3 rings (SSSR count). The molecule has 0 radical (unpaired) electrons. The average molecular weight is 405 g/mol. The first-order valence-electron chi connectivity index (χ1n) is 10.3. The zero-order valence-electron chi connectivity index (χ0n) is 18.0. The van der Waals surface area contributed by atoms with Crippen LogP contribution in [0.5, 0.6) is 5.75 Å². The number of aromatic nitrogens is 1. The van der Waals surface area contributed by atoms with Crippen molar-refractivity contribution >= 4 is 22.6 Å². The SMILES string of the molecule is CCCn1c(-c2ccc(NC(=O)N(CC)CC)cc2)c(C#N)c2ccc(OC)cc21. The lowest BCUT2D eigenvalue weighted by Crippen LogP contribution is -2.34. The molecule has 2 amide bonds. The first-order chi connectivity index (χ1) is 14.6. The molecule has 2 aromatic carbocycles. The number of fused-ring (bicyclic) bond motifs is 1. The quantitative estimate of drug-likeness (QED) is 0.567. The number of aryl methyl sites for hydroxylation is 1. The minimum Gasteiger partial charge on any atom is -0.497 e. The molecule has 0 aliphatic rings. The van der Waals surface area contributed by atoms with E-state index in [2.05, 4.69) is 22.9 Å². The number of hydrogen-bond donors (Lipinski definition) is 1. The summed E-state index contributed by atoms with van der Waals surface area (Å²) in [7, 11) is 1.64. The number of rotatable bonds is 7. The van der Waals surface area contributed by atoms with E-state index in [-0.39, 0.29) is 6.03 Å².